The standard InChI is InChI=1S/C20H14N6O2S2/c1-11-14-15-16(30-18(14)25-17(23-11)12-5-3-2-4-6-12)19(28)26(10-22-15)9-13(27)24-20-21-7-8-29-20/h2-8,10H,9H2,1H3,(H,21,24,27). The number of thiazole rings is 1. The van der Waals surface area contributed by atoms with Crippen molar-refractivity contribution in [3.8, 4) is 11.4 Å². The first-order valence-corrected chi connectivity index (χ1v) is 10.7. The van der Waals surface area contributed by atoms with Crippen LogP contribution in [0.1, 0.15) is 5.69 Å². The Labute approximate surface area is 177 Å². The van der Waals surface area contributed by atoms with E-state index in [1.54, 1.807) is 11.6 Å². The Kier molecular flexibility index (Phi) is 4.57. The fourth-order valence-corrected chi connectivity index (χ4v) is 4.83. The van der Waals surface area contributed by atoms with Gasteiger partial charge in [-0.3, -0.25) is 14.2 Å². The van der Waals surface area contributed by atoms with Crippen molar-refractivity contribution in [1.29, 1.82) is 0 Å². The van der Waals surface area contributed by atoms with Crippen LogP contribution in [0.5, 0.6) is 0 Å². The van der Waals surface area contributed by atoms with Crippen molar-refractivity contribution >= 4 is 54.1 Å². The number of aromatic nitrogens is 5. The molecule has 148 valence electrons. The number of hydrogen-bond acceptors (Lipinski definition) is 8. The number of nitrogens with one attached hydrogen (secondary N) is 1. The lowest BCUT2D eigenvalue weighted by Crippen LogP contribution is -2.27. The number of fused-ring (bicyclic) bond motifs is 3. The molecule has 1 N–H and O–H groups in total. The van der Waals surface area contributed by atoms with E-state index >= 15 is 0 Å². The average molecular weight is 435 g/mol. The second-order valence-corrected chi connectivity index (χ2v) is 8.42. The lowest BCUT2D eigenvalue weighted by atomic mass is 10.2. The summed E-state index contributed by atoms with van der Waals surface area (Å²) in [6.07, 6.45) is 2.99. The zero-order chi connectivity index (χ0) is 20.7. The van der Waals surface area contributed by atoms with Gasteiger partial charge in [0.2, 0.25) is 5.91 Å². The molecule has 0 bridgehead atoms. The minimum atomic E-state index is -0.336. The van der Waals surface area contributed by atoms with Crippen LogP contribution in [0.25, 0.3) is 31.8 Å². The highest BCUT2D eigenvalue weighted by Gasteiger charge is 2.18. The highest BCUT2D eigenvalue weighted by Crippen LogP contribution is 2.32. The fraction of sp³-hybridized carbons (Fsp3) is 0.100. The maximum Gasteiger partial charge on any atom is 0.271 e. The van der Waals surface area contributed by atoms with E-state index in [0.717, 1.165) is 16.6 Å². The normalized spacial score (nSPS) is 11.2. The predicted octanol–water partition coefficient (Wildman–Crippen LogP) is 3.47. The number of thiophene rings is 1. The van der Waals surface area contributed by atoms with Crippen LogP contribution in [0.3, 0.4) is 0 Å². The van der Waals surface area contributed by atoms with Crippen molar-refractivity contribution in [3.05, 3.63) is 64.3 Å². The molecule has 0 saturated carbocycles. The molecule has 0 unspecified atom stereocenters. The van der Waals surface area contributed by atoms with Gasteiger partial charge >= 0.3 is 0 Å². The first-order valence-electron chi connectivity index (χ1n) is 9.01. The van der Waals surface area contributed by atoms with E-state index in [0.29, 0.717) is 26.0 Å². The van der Waals surface area contributed by atoms with Crippen molar-refractivity contribution < 1.29 is 4.79 Å². The van der Waals surface area contributed by atoms with Gasteiger partial charge in [-0.1, -0.05) is 30.3 Å². The largest absolute Gasteiger partial charge is 0.300 e. The Hall–Kier alpha value is -3.50. The third-order valence-corrected chi connectivity index (χ3v) is 6.26. The summed E-state index contributed by atoms with van der Waals surface area (Å²) in [6, 6.07) is 9.69. The minimum Gasteiger partial charge on any atom is -0.300 e. The molecule has 0 aliphatic carbocycles. The van der Waals surface area contributed by atoms with Gasteiger partial charge < -0.3 is 5.32 Å². The topological polar surface area (TPSA) is 103 Å². The highest BCUT2D eigenvalue weighted by atomic mass is 32.1. The van der Waals surface area contributed by atoms with E-state index in [9.17, 15) is 9.59 Å². The van der Waals surface area contributed by atoms with Crippen molar-refractivity contribution in [1.82, 2.24) is 24.5 Å². The van der Waals surface area contributed by atoms with Crippen LogP contribution in [0.2, 0.25) is 0 Å². The number of benzene rings is 1. The number of rotatable bonds is 4. The zero-order valence-electron chi connectivity index (χ0n) is 15.7. The molecule has 30 heavy (non-hydrogen) atoms. The molecule has 0 radical (unpaired) electrons. The molecule has 4 heterocycles. The van der Waals surface area contributed by atoms with Crippen LogP contribution in [0.4, 0.5) is 5.13 Å². The van der Waals surface area contributed by atoms with Crippen molar-refractivity contribution in [2.45, 2.75) is 13.5 Å². The summed E-state index contributed by atoms with van der Waals surface area (Å²) in [5, 5.41) is 5.69. The van der Waals surface area contributed by atoms with Crippen molar-refractivity contribution in [3.63, 3.8) is 0 Å². The second kappa shape index (κ2) is 7.39. The molecule has 0 atom stereocenters. The molecule has 10 heteroatoms. The van der Waals surface area contributed by atoms with Gasteiger partial charge in [0.15, 0.2) is 11.0 Å². The molecule has 5 aromatic rings. The number of hydrogen-bond donors (Lipinski definition) is 1. The van der Waals surface area contributed by atoms with E-state index in [1.807, 2.05) is 37.3 Å². The first-order chi connectivity index (χ1) is 14.6. The number of aryl methyl sites for hydroxylation is 1. The molecule has 0 saturated heterocycles. The Balaban J connectivity index is 1.56. The maximum atomic E-state index is 13.0. The summed E-state index contributed by atoms with van der Waals surface area (Å²) in [4.78, 5) is 43.7. The number of amides is 1. The predicted molar refractivity (Wildman–Crippen MR) is 118 cm³/mol. The summed E-state index contributed by atoms with van der Waals surface area (Å²) in [5.74, 6) is 0.270. The average Bonchev–Trinajstić information content (AvgIpc) is 3.38. The molecule has 0 spiro atoms. The van der Waals surface area contributed by atoms with Crippen LogP contribution in [0, 0.1) is 6.92 Å². The lowest BCUT2D eigenvalue weighted by Gasteiger charge is -2.05. The third kappa shape index (κ3) is 3.25. The maximum absolute atomic E-state index is 13.0. The number of nitrogens with zero attached hydrogens (tertiary/aromatic N) is 5. The van der Waals surface area contributed by atoms with Gasteiger partial charge in [0.1, 0.15) is 16.1 Å². The van der Waals surface area contributed by atoms with E-state index < -0.39 is 0 Å². The molecule has 0 fully saturated rings. The molecule has 1 amide bonds. The van der Waals surface area contributed by atoms with Crippen LogP contribution in [-0.2, 0) is 11.3 Å². The lowest BCUT2D eigenvalue weighted by molar-refractivity contribution is -0.116. The summed E-state index contributed by atoms with van der Waals surface area (Å²) in [7, 11) is 0. The zero-order valence-corrected chi connectivity index (χ0v) is 17.3. The van der Waals surface area contributed by atoms with Gasteiger partial charge in [0, 0.05) is 17.1 Å². The van der Waals surface area contributed by atoms with Gasteiger partial charge in [0.05, 0.1) is 22.9 Å². The van der Waals surface area contributed by atoms with Gasteiger partial charge in [-0.25, -0.2) is 19.9 Å². The Morgan fingerprint density at radius 3 is 2.77 bits per heavy atom. The van der Waals surface area contributed by atoms with Crippen molar-refractivity contribution in [2.75, 3.05) is 5.32 Å². The second-order valence-electron chi connectivity index (χ2n) is 6.52. The molecule has 0 aliphatic rings. The van der Waals surface area contributed by atoms with E-state index in [2.05, 4.69) is 25.3 Å². The monoisotopic (exact) mass is 434 g/mol. The molecule has 4 aromatic heterocycles. The summed E-state index contributed by atoms with van der Waals surface area (Å²) in [6.45, 7) is 1.74. The Morgan fingerprint density at radius 2 is 2.00 bits per heavy atom. The quantitative estimate of drug-likeness (QED) is 0.465. The van der Waals surface area contributed by atoms with Crippen LogP contribution >= 0.6 is 22.7 Å². The smallest absolute Gasteiger partial charge is 0.271 e. The van der Waals surface area contributed by atoms with Gasteiger partial charge in [-0.05, 0) is 6.92 Å². The first kappa shape index (κ1) is 18.5. The van der Waals surface area contributed by atoms with E-state index in [-0.39, 0.29) is 18.0 Å². The van der Waals surface area contributed by atoms with Gasteiger partial charge in [0.25, 0.3) is 5.56 Å². The van der Waals surface area contributed by atoms with E-state index in [4.69, 9.17) is 0 Å². The molecule has 1 aromatic carbocycles. The van der Waals surface area contributed by atoms with Crippen molar-refractivity contribution in [2.24, 2.45) is 0 Å². The Morgan fingerprint density at radius 1 is 1.17 bits per heavy atom. The number of carbonyl (C=O) groups excluding carboxylic acids is 1. The van der Waals surface area contributed by atoms with Crippen LogP contribution in [0.15, 0.2) is 53.0 Å². The van der Waals surface area contributed by atoms with Gasteiger partial charge in [-0.15, -0.1) is 22.7 Å². The summed E-state index contributed by atoms with van der Waals surface area (Å²) < 4.78 is 1.75. The number of carbonyl (C=O) groups is 1. The van der Waals surface area contributed by atoms with E-state index in [1.165, 1.54) is 33.6 Å². The molecular weight excluding hydrogens is 420 g/mol. The Bertz CT molecular complexity index is 1440. The van der Waals surface area contributed by atoms with Gasteiger partial charge in [-0.2, -0.15) is 0 Å². The third-order valence-electron chi connectivity index (χ3n) is 4.51. The number of anilines is 1. The van der Waals surface area contributed by atoms with Crippen LogP contribution < -0.4 is 10.9 Å². The molecule has 5 rings (SSSR count). The molecule has 8 nitrogen and oxygen atoms in total. The fourth-order valence-electron chi connectivity index (χ4n) is 3.16. The molecular formula is C20H14N6O2S2. The highest BCUT2D eigenvalue weighted by molar-refractivity contribution is 7.25. The molecule has 0 aliphatic heterocycles. The summed E-state index contributed by atoms with van der Waals surface area (Å²) >= 11 is 2.58. The summed E-state index contributed by atoms with van der Waals surface area (Å²) in [5.41, 5.74) is 1.95. The minimum absolute atomic E-state index is 0.143. The SMILES string of the molecule is Cc1nc(-c2ccccc2)nc2sc3c(=O)n(CC(=O)Nc4nccs4)cnc3c12. The van der Waals surface area contributed by atoms with Crippen LogP contribution in [-0.4, -0.2) is 30.4 Å².